The first-order chi connectivity index (χ1) is 10.2. The lowest BCUT2D eigenvalue weighted by molar-refractivity contribution is -0.300. The first-order valence-corrected chi connectivity index (χ1v) is 6.86. The van der Waals surface area contributed by atoms with Crippen molar-refractivity contribution in [1.29, 1.82) is 0 Å². The van der Waals surface area contributed by atoms with E-state index in [0.29, 0.717) is 6.61 Å². The van der Waals surface area contributed by atoms with Gasteiger partial charge in [-0.15, -0.1) is 0 Å². The molecule has 0 amide bonds. The Morgan fingerprint density at radius 3 is 2.38 bits per heavy atom. The average Bonchev–Trinajstić information content (AvgIpc) is 2.52. The summed E-state index contributed by atoms with van der Waals surface area (Å²) in [5.41, 5.74) is 1.05. The van der Waals surface area contributed by atoms with Gasteiger partial charge in [-0.3, -0.25) is 0 Å². The highest BCUT2D eigenvalue weighted by Gasteiger charge is 2.45. The van der Waals surface area contributed by atoms with Gasteiger partial charge in [0.1, 0.15) is 24.4 Å². The molecule has 1 aromatic rings. The smallest absolute Gasteiger partial charge is 0.186 e. The summed E-state index contributed by atoms with van der Waals surface area (Å²) in [5.74, 6) is 0. The topological polar surface area (TPSA) is 77.4 Å². The van der Waals surface area contributed by atoms with E-state index in [0.717, 1.165) is 5.56 Å². The molecule has 0 saturated carbocycles. The van der Waals surface area contributed by atoms with Crippen molar-refractivity contribution >= 4 is 0 Å². The molecule has 2 rings (SSSR count). The summed E-state index contributed by atoms with van der Waals surface area (Å²) in [6, 6.07) is 9.75. The largest absolute Gasteiger partial charge is 0.387 e. The highest BCUT2D eigenvalue weighted by Crippen LogP contribution is 2.24. The van der Waals surface area contributed by atoms with Gasteiger partial charge in [0.2, 0.25) is 0 Å². The van der Waals surface area contributed by atoms with Gasteiger partial charge in [0, 0.05) is 14.2 Å². The van der Waals surface area contributed by atoms with Crippen LogP contribution in [0.4, 0.5) is 0 Å². The van der Waals surface area contributed by atoms with Crippen LogP contribution in [0.2, 0.25) is 0 Å². The Hall–Kier alpha value is -1.02. The van der Waals surface area contributed by atoms with E-state index in [2.05, 4.69) is 0 Å². The molecule has 0 aliphatic carbocycles. The van der Waals surface area contributed by atoms with E-state index in [1.807, 2.05) is 30.3 Å². The van der Waals surface area contributed by atoms with Crippen LogP contribution in [0, 0.1) is 0 Å². The fraction of sp³-hybridized carbons (Fsp3) is 0.600. The van der Waals surface area contributed by atoms with E-state index in [4.69, 9.17) is 18.9 Å². The van der Waals surface area contributed by atoms with Crippen LogP contribution < -0.4 is 0 Å². The Morgan fingerprint density at radius 1 is 1.05 bits per heavy atom. The zero-order valence-electron chi connectivity index (χ0n) is 12.2. The molecule has 21 heavy (non-hydrogen) atoms. The third-order valence-electron chi connectivity index (χ3n) is 3.54. The highest BCUT2D eigenvalue weighted by molar-refractivity contribution is 5.13. The Kier molecular flexibility index (Phi) is 6.10. The fourth-order valence-electron chi connectivity index (χ4n) is 2.39. The van der Waals surface area contributed by atoms with E-state index in [9.17, 15) is 10.2 Å². The molecule has 0 aromatic heterocycles. The van der Waals surface area contributed by atoms with E-state index in [1.54, 1.807) is 0 Å². The SMILES string of the molecule is CO[C@@H]1O[C@H](COCc2ccccc2)[C@@H](OC)[C@H](O)[C@H]1O. The van der Waals surface area contributed by atoms with Crippen molar-refractivity contribution in [3.8, 4) is 0 Å². The van der Waals surface area contributed by atoms with Crippen molar-refractivity contribution in [2.24, 2.45) is 0 Å². The van der Waals surface area contributed by atoms with Gasteiger partial charge >= 0.3 is 0 Å². The first kappa shape index (κ1) is 16.4. The van der Waals surface area contributed by atoms with Crippen molar-refractivity contribution in [2.75, 3.05) is 20.8 Å². The molecule has 1 aliphatic heterocycles. The summed E-state index contributed by atoms with van der Waals surface area (Å²) in [7, 11) is 2.87. The normalized spacial score (nSPS) is 33.0. The van der Waals surface area contributed by atoms with Crippen LogP contribution >= 0.6 is 0 Å². The molecule has 1 saturated heterocycles. The van der Waals surface area contributed by atoms with Crippen molar-refractivity contribution in [2.45, 2.75) is 37.3 Å². The number of benzene rings is 1. The number of methoxy groups -OCH3 is 2. The number of rotatable bonds is 6. The molecule has 1 aromatic carbocycles. The fourth-order valence-corrected chi connectivity index (χ4v) is 2.39. The summed E-state index contributed by atoms with van der Waals surface area (Å²) < 4.78 is 21.4. The second-order valence-corrected chi connectivity index (χ2v) is 4.96. The second-order valence-electron chi connectivity index (χ2n) is 4.96. The second kappa shape index (κ2) is 7.84. The molecule has 1 heterocycles. The van der Waals surface area contributed by atoms with Gasteiger partial charge < -0.3 is 29.2 Å². The van der Waals surface area contributed by atoms with Crippen LogP contribution in [0.5, 0.6) is 0 Å². The maximum absolute atomic E-state index is 10.0. The van der Waals surface area contributed by atoms with Gasteiger partial charge in [0.15, 0.2) is 6.29 Å². The van der Waals surface area contributed by atoms with E-state index >= 15 is 0 Å². The monoisotopic (exact) mass is 298 g/mol. The summed E-state index contributed by atoms with van der Waals surface area (Å²) in [6.07, 6.45) is -4.30. The lowest BCUT2D eigenvalue weighted by Crippen LogP contribution is -2.59. The van der Waals surface area contributed by atoms with E-state index < -0.39 is 30.7 Å². The summed E-state index contributed by atoms with van der Waals surface area (Å²) in [5, 5.41) is 19.9. The van der Waals surface area contributed by atoms with Gasteiger partial charge in [0.25, 0.3) is 0 Å². The third-order valence-corrected chi connectivity index (χ3v) is 3.54. The van der Waals surface area contributed by atoms with Crippen LogP contribution in [0.15, 0.2) is 30.3 Å². The summed E-state index contributed by atoms with van der Waals surface area (Å²) in [6.45, 7) is 0.671. The number of hydrogen-bond acceptors (Lipinski definition) is 6. The summed E-state index contributed by atoms with van der Waals surface area (Å²) in [4.78, 5) is 0. The standard InChI is InChI=1S/C15H22O6/c1-18-14-11(21-15(19-2)13(17)12(14)16)9-20-8-10-6-4-3-5-7-10/h3-7,11-17H,8-9H2,1-2H3/t11-,12-,13-,14-,15-/m1/s1. The van der Waals surface area contributed by atoms with Crippen molar-refractivity contribution < 1.29 is 29.2 Å². The number of aliphatic hydroxyl groups is 2. The molecule has 5 atom stereocenters. The van der Waals surface area contributed by atoms with Crippen LogP contribution in [0.3, 0.4) is 0 Å². The molecule has 0 bridgehead atoms. The Bertz CT molecular complexity index is 412. The molecule has 118 valence electrons. The Labute approximate surface area is 124 Å². The maximum Gasteiger partial charge on any atom is 0.186 e. The van der Waals surface area contributed by atoms with Gasteiger partial charge in [0.05, 0.1) is 13.2 Å². The van der Waals surface area contributed by atoms with Gasteiger partial charge in [-0.05, 0) is 5.56 Å². The molecular formula is C15H22O6. The lowest BCUT2D eigenvalue weighted by Gasteiger charge is -2.41. The predicted octanol–water partition coefficient (Wildman–Crippen LogP) is 0.311. The lowest BCUT2D eigenvalue weighted by atomic mass is 9.99. The molecule has 0 spiro atoms. The Balaban J connectivity index is 1.90. The van der Waals surface area contributed by atoms with E-state index in [-0.39, 0.29) is 6.61 Å². The van der Waals surface area contributed by atoms with E-state index in [1.165, 1.54) is 14.2 Å². The molecule has 2 N–H and O–H groups in total. The molecule has 0 unspecified atom stereocenters. The third kappa shape index (κ3) is 4.00. The first-order valence-electron chi connectivity index (χ1n) is 6.86. The quantitative estimate of drug-likeness (QED) is 0.787. The van der Waals surface area contributed by atoms with Crippen LogP contribution in [-0.2, 0) is 25.6 Å². The molecule has 6 nitrogen and oxygen atoms in total. The minimum absolute atomic E-state index is 0.233. The van der Waals surface area contributed by atoms with Crippen LogP contribution in [0.25, 0.3) is 0 Å². The van der Waals surface area contributed by atoms with Crippen molar-refractivity contribution in [3.05, 3.63) is 35.9 Å². The van der Waals surface area contributed by atoms with Crippen molar-refractivity contribution in [1.82, 2.24) is 0 Å². The number of aliphatic hydroxyl groups excluding tert-OH is 2. The molecule has 1 aliphatic rings. The predicted molar refractivity (Wildman–Crippen MR) is 74.6 cm³/mol. The molecule has 6 heteroatoms. The molecular weight excluding hydrogens is 276 g/mol. The summed E-state index contributed by atoms with van der Waals surface area (Å²) >= 11 is 0. The minimum Gasteiger partial charge on any atom is -0.387 e. The zero-order valence-corrected chi connectivity index (χ0v) is 12.2. The molecule has 1 fully saturated rings. The zero-order chi connectivity index (χ0) is 15.2. The van der Waals surface area contributed by atoms with Gasteiger partial charge in [-0.1, -0.05) is 30.3 Å². The molecule has 0 radical (unpaired) electrons. The van der Waals surface area contributed by atoms with Gasteiger partial charge in [-0.2, -0.15) is 0 Å². The number of ether oxygens (including phenoxy) is 4. The maximum atomic E-state index is 10.0. The number of hydrogen-bond donors (Lipinski definition) is 2. The highest BCUT2D eigenvalue weighted by atomic mass is 16.7. The van der Waals surface area contributed by atoms with Gasteiger partial charge in [-0.25, -0.2) is 0 Å². The van der Waals surface area contributed by atoms with Crippen molar-refractivity contribution in [3.63, 3.8) is 0 Å². The average molecular weight is 298 g/mol. The minimum atomic E-state index is -1.15. The Morgan fingerprint density at radius 2 is 1.76 bits per heavy atom. The van der Waals surface area contributed by atoms with Crippen LogP contribution in [-0.4, -0.2) is 61.7 Å². The van der Waals surface area contributed by atoms with Crippen LogP contribution in [0.1, 0.15) is 5.56 Å².